The topological polar surface area (TPSA) is 454 Å². The lowest BCUT2D eigenvalue weighted by Gasteiger charge is -2.21. The maximum absolute atomic E-state index is 11.7. The second-order valence-corrected chi connectivity index (χ2v) is 41.7. The first-order chi connectivity index (χ1) is 65.2. The van der Waals surface area contributed by atoms with Gasteiger partial charge in [-0.25, -0.2) is 75.8 Å². The fourth-order valence-electron chi connectivity index (χ4n) is 9.55. The summed E-state index contributed by atoms with van der Waals surface area (Å²) in [5.74, 6) is 4.69. The number of nitrogens with zero attached hydrogens (tertiary/aromatic N) is 9. The smallest absolute Gasteiger partial charge is 0.480 e. The van der Waals surface area contributed by atoms with Gasteiger partial charge in [0.25, 0.3) is 0 Å². The maximum Gasteiger partial charge on any atom is 0.480 e. The summed E-state index contributed by atoms with van der Waals surface area (Å²) in [4.78, 5) is 0. The zero-order valence-corrected chi connectivity index (χ0v) is 90.8. The molecule has 28 nitrogen and oxygen atoms in total. The number of sulfonamides is 9. The average molecular weight is 2330 g/mol. The lowest BCUT2D eigenvalue weighted by Crippen LogP contribution is -2.22. The summed E-state index contributed by atoms with van der Waals surface area (Å²) >= 11 is 0. The molecule has 0 atom stereocenters. The van der Waals surface area contributed by atoms with Crippen LogP contribution in [-0.2, 0) is 90.2 Å². The monoisotopic (exact) mass is 2320 g/mol. The number of alkyl halides is 27. The van der Waals surface area contributed by atoms with E-state index in [0.717, 1.165) is 6.42 Å². The Morgan fingerprint density at radius 2 is 0.350 bits per heavy atom. The normalized spacial score (nSPS) is 16.4. The van der Waals surface area contributed by atoms with E-state index in [2.05, 4.69) is 42.5 Å². The number of rotatable bonds is 21. The molecule has 872 valence electrons. The maximum atomic E-state index is 11.7. The van der Waals surface area contributed by atoms with Crippen molar-refractivity contribution in [1.82, 2.24) is 0 Å². The van der Waals surface area contributed by atoms with Crippen molar-refractivity contribution in [2.45, 2.75) is 341 Å². The molecule has 64 heteroatoms. The van der Waals surface area contributed by atoms with Gasteiger partial charge in [0.15, 0.2) is 90.2 Å². The van der Waals surface area contributed by atoms with Crippen molar-refractivity contribution in [2.75, 3.05) is 67.0 Å². The second-order valence-electron chi connectivity index (χ2n) is 26.3. The van der Waals surface area contributed by atoms with Gasteiger partial charge in [0.2, 0.25) is 0 Å². The van der Waals surface area contributed by atoms with Gasteiger partial charge in [-0.05, 0) is 36.5 Å². The highest BCUT2D eigenvalue weighted by molar-refractivity contribution is 7.97. The van der Waals surface area contributed by atoms with Gasteiger partial charge in [-0.15, -0.1) is 39.3 Å². The molecule has 2 aromatic carbocycles. The molecular formula is C79H145F27N9O19S9-9. The fraction of sp³-hybridized carbons (Fsp3) is 0.848. The number of fused-ring (bicyclic) bond motifs is 4. The summed E-state index contributed by atoms with van der Waals surface area (Å²) in [6.07, 6.45) is 36.5. The van der Waals surface area contributed by atoms with Crippen molar-refractivity contribution in [3.05, 3.63) is 115 Å². The number of aliphatic hydroxyl groups is 1. The molecule has 0 aromatic heterocycles. The highest BCUT2D eigenvalue weighted by atomic mass is 32.2. The van der Waals surface area contributed by atoms with Gasteiger partial charge in [-0.1, -0.05) is 351 Å². The first-order valence-corrected chi connectivity index (χ1v) is 57.5. The fourth-order valence-corrected chi connectivity index (χ4v) is 13.1. The third-order valence-corrected chi connectivity index (χ3v) is 26.1. The summed E-state index contributed by atoms with van der Waals surface area (Å²) in [6.45, 7) is 28.0. The molecule has 0 aliphatic heterocycles. The van der Waals surface area contributed by atoms with E-state index in [1.54, 1.807) is 71.1 Å². The summed E-state index contributed by atoms with van der Waals surface area (Å²) < 4.78 is 507. The number of unbranched alkanes of at least 4 members (excludes halogenated alkanes) is 3. The van der Waals surface area contributed by atoms with Crippen LogP contribution in [0.25, 0.3) is 42.5 Å². The zero-order chi connectivity index (χ0) is 116. The zero-order valence-electron chi connectivity index (χ0n) is 83.5. The molecule has 0 spiro atoms. The van der Waals surface area contributed by atoms with Crippen molar-refractivity contribution in [3.8, 4) is 0 Å². The number of benzene rings is 2. The average Bonchev–Trinajstić information content (AvgIpc) is 1.60. The summed E-state index contributed by atoms with van der Waals surface area (Å²) in [6, 6.07) is 24.0. The molecule has 0 amide bonds. The molecule has 0 saturated heterocycles. The summed E-state index contributed by atoms with van der Waals surface area (Å²) in [5, 5.41) is 7.97. The lowest BCUT2D eigenvalue weighted by atomic mass is 10.0. The molecule has 0 radical (unpaired) electrons. The van der Waals surface area contributed by atoms with Crippen molar-refractivity contribution < 1.29 is 199 Å². The van der Waals surface area contributed by atoms with Crippen LogP contribution in [0.4, 0.5) is 119 Å². The van der Waals surface area contributed by atoms with Crippen LogP contribution < -0.4 is 0 Å². The van der Waals surface area contributed by atoms with Gasteiger partial charge in [0, 0.05) is 6.61 Å². The van der Waals surface area contributed by atoms with E-state index < -0.39 is 153 Å². The highest BCUT2D eigenvalue weighted by Gasteiger charge is 2.44. The molecule has 1 N–H and O–H groups in total. The number of hydrogen-bond acceptors (Lipinski definition) is 19. The Morgan fingerprint density at radius 3 is 0.441 bits per heavy atom. The molecule has 0 heterocycles. The van der Waals surface area contributed by atoms with Gasteiger partial charge in [0.05, 0.1) is 0 Å². The van der Waals surface area contributed by atoms with Crippen molar-refractivity contribution in [2.24, 2.45) is 23.7 Å². The van der Waals surface area contributed by atoms with Crippen LogP contribution in [0.5, 0.6) is 0 Å². The van der Waals surface area contributed by atoms with E-state index in [0.29, 0.717) is 46.8 Å². The van der Waals surface area contributed by atoms with Crippen LogP contribution in [0.1, 0.15) is 291 Å². The standard InChI is InChI=1S/2C7H12.C6H11F3NO2S.2C6H12.2C6H6.C5H9F3NO2S.C3H5F3NO3S.3C3H5F3NO2S.3C2H3F3NO2S.6C2H6/c2*1-2-7-4-3-6(1)5-7;1-2-3-4-5-10-13(11,12)6(7,8)9;4*1-2-4-6-5-3-1;1-2-3-4-9-12(10,11)5(6,7)8;4-3(5,6)11(9,10)7-1-2-8;3*1-2-7-10(8,9)3(4,5)6;3*1-6-9(7,8)2(3,4)5;6*1-2/h2*6-7H,1-5H2;2-5H2,1H3;2*1-6H2;2*1-6H;2-4H2,1H3;8H,1-2H2;3*2H2,1H3;3*1H3;6*1-2H3/q;;-1;;;;;8*-1;;;;;;. The third-order valence-electron chi connectivity index (χ3n) is 16.0. The number of hydrogen-bond donors (Lipinski definition) is 1. The molecule has 143 heavy (non-hydrogen) atoms. The summed E-state index contributed by atoms with van der Waals surface area (Å²) in [7, 11) is -45.5. The quantitative estimate of drug-likeness (QED) is 0.0896. The van der Waals surface area contributed by atoms with Gasteiger partial charge in [-0.3, -0.25) is 0 Å². The molecule has 6 aliphatic rings. The minimum atomic E-state index is -5.39. The first-order valence-electron chi connectivity index (χ1n) is 44.6. The molecule has 6 saturated carbocycles. The van der Waals surface area contributed by atoms with E-state index in [-0.39, 0.29) is 32.7 Å². The van der Waals surface area contributed by atoms with Gasteiger partial charge in [-0.2, -0.15) is 140 Å². The second kappa shape index (κ2) is 88.3. The minimum Gasteiger partial charge on any atom is -0.544 e. The van der Waals surface area contributed by atoms with E-state index in [1.165, 1.54) is 121 Å². The predicted molar refractivity (Wildman–Crippen MR) is 507 cm³/mol. The van der Waals surface area contributed by atoms with Crippen LogP contribution in [0.15, 0.2) is 72.8 Å². The molecule has 4 bridgehead atoms. The highest BCUT2D eigenvalue weighted by Crippen LogP contribution is 2.45. The van der Waals surface area contributed by atoms with Crippen LogP contribution >= 0.6 is 0 Å². The SMILES string of the molecule is C1CC2CCC1C2.C1CC2CCC1C2.C1CCCCC1.C1CCCCC1.CC.CC.CC.CC.CC.CC.CCCCC[N-]S(=O)(=O)C(F)(F)F.CCCC[N-]S(=O)(=O)C(F)(F)F.CC[N-]S(=O)(=O)C(F)(F)F.CC[N-]S(=O)(=O)C(F)(F)F.CC[N-]S(=O)(=O)C(F)(F)F.C[N-]S(=O)(=O)C(F)(F)F.C[N-]S(=O)(=O)C(F)(F)F.C[N-]S(=O)(=O)C(F)(F)F.O=S(=O)([N-]CCO)C(F)(F)F.c1ccccc1.c1ccccc1. The van der Waals surface area contributed by atoms with Crippen LogP contribution in [0.3, 0.4) is 0 Å². The molecule has 6 fully saturated rings. The molecule has 2 aromatic rings. The van der Waals surface area contributed by atoms with E-state index in [4.69, 9.17) is 5.11 Å². The van der Waals surface area contributed by atoms with Crippen molar-refractivity contribution in [1.29, 1.82) is 0 Å². The predicted octanol–water partition coefficient (Wildman–Crippen LogP) is 29.4. The Balaban J connectivity index is -0.000000115. The van der Waals surface area contributed by atoms with Crippen LogP contribution in [-0.4, -0.2) is 197 Å². The van der Waals surface area contributed by atoms with Gasteiger partial charge in [0.1, 0.15) is 0 Å². The van der Waals surface area contributed by atoms with Gasteiger partial charge >= 0.3 is 49.6 Å². The molecule has 6 aliphatic carbocycles. The molecular weight excluding hydrogens is 2180 g/mol. The van der Waals surface area contributed by atoms with Gasteiger partial charge < -0.3 is 47.6 Å². The van der Waals surface area contributed by atoms with Crippen molar-refractivity contribution in [3.63, 3.8) is 0 Å². The largest absolute Gasteiger partial charge is 0.544 e. The Hall–Kier alpha value is -4.30. The Bertz CT molecular complexity index is 3950. The minimum absolute atomic E-state index is 0.282. The van der Waals surface area contributed by atoms with E-state index in [1.807, 2.05) is 163 Å². The number of aliphatic hydroxyl groups excluding tert-OH is 1. The Labute approximate surface area is 831 Å². The Morgan fingerprint density at radius 1 is 0.217 bits per heavy atom. The third kappa shape index (κ3) is 90.2. The van der Waals surface area contributed by atoms with E-state index in [9.17, 15) is 194 Å². The molecule has 0 unspecified atom stereocenters. The van der Waals surface area contributed by atoms with Crippen molar-refractivity contribution >= 4 is 90.2 Å². The lowest BCUT2D eigenvalue weighted by molar-refractivity contribution is -0.0433. The van der Waals surface area contributed by atoms with Crippen LogP contribution in [0, 0.1) is 23.7 Å². The van der Waals surface area contributed by atoms with E-state index >= 15 is 0 Å². The number of halogens is 27. The first kappa shape index (κ1) is 166. The summed E-state index contributed by atoms with van der Waals surface area (Å²) in [5.41, 5.74) is -47.3. The Kier molecular flexibility index (Phi) is 103. The van der Waals surface area contributed by atoms with Crippen LogP contribution in [0.2, 0.25) is 0 Å². The molecule has 8 rings (SSSR count).